The number of carbonyl (C=O) groups is 2. The van der Waals surface area contributed by atoms with E-state index < -0.39 is 34.3 Å². The van der Waals surface area contributed by atoms with E-state index in [1.807, 2.05) is 6.92 Å². The SMILES string of the molecule is COCO[C@]12CC[C@H]3[C@]4(C)CCC[C@@](C)(C(=O)O)[C@H]4[C@H](C(=O)O)[C@@]3(C=C1C)C2. The molecule has 0 aromatic rings. The van der Waals surface area contributed by atoms with Crippen molar-refractivity contribution in [3.63, 3.8) is 0 Å². The van der Waals surface area contributed by atoms with Crippen molar-refractivity contribution in [2.45, 2.75) is 64.9 Å². The summed E-state index contributed by atoms with van der Waals surface area (Å²) >= 11 is 0. The number of allylic oxidation sites excluding steroid dienone is 1. The molecule has 4 aliphatic carbocycles. The summed E-state index contributed by atoms with van der Waals surface area (Å²) in [5.74, 6) is -2.63. The second-order valence-corrected chi connectivity index (χ2v) is 10.1. The second kappa shape index (κ2) is 6.05. The van der Waals surface area contributed by atoms with Crippen molar-refractivity contribution in [3.8, 4) is 0 Å². The molecule has 0 aliphatic heterocycles. The minimum Gasteiger partial charge on any atom is -0.481 e. The van der Waals surface area contributed by atoms with Gasteiger partial charge >= 0.3 is 11.9 Å². The molecule has 4 rings (SSSR count). The number of fused-ring (bicyclic) bond motifs is 3. The Labute approximate surface area is 166 Å². The van der Waals surface area contributed by atoms with E-state index in [9.17, 15) is 19.8 Å². The predicted molar refractivity (Wildman–Crippen MR) is 102 cm³/mol. The fraction of sp³-hybridized carbons (Fsp3) is 0.818. The smallest absolute Gasteiger partial charge is 0.309 e. The molecule has 28 heavy (non-hydrogen) atoms. The van der Waals surface area contributed by atoms with Crippen LogP contribution in [0.5, 0.6) is 0 Å². The van der Waals surface area contributed by atoms with E-state index in [4.69, 9.17) is 9.47 Å². The van der Waals surface area contributed by atoms with Gasteiger partial charge in [-0.05, 0) is 68.8 Å². The molecule has 0 heterocycles. The first-order chi connectivity index (χ1) is 13.1. The lowest BCUT2D eigenvalue weighted by Crippen LogP contribution is -2.50. The van der Waals surface area contributed by atoms with Gasteiger partial charge in [-0.2, -0.15) is 0 Å². The first-order valence-electron chi connectivity index (χ1n) is 10.4. The maximum absolute atomic E-state index is 12.7. The highest BCUT2D eigenvalue weighted by molar-refractivity contribution is 5.80. The molecule has 3 saturated carbocycles. The molecule has 0 amide bonds. The summed E-state index contributed by atoms with van der Waals surface area (Å²) in [6, 6.07) is 0. The maximum atomic E-state index is 12.7. The van der Waals surface area contributed by atoms with Gasteiger partial charge in [0.05, 0.1) is 16.9 Å². The Balaban J connectivity index is 1.87. The number of rotatable bonds is 5. The third-order valence-corrected chi connectivity index (χ3v) is 9.01. The first kappa shape index (κ1) is 19.9. The van der Waals surface area contributed by atoms with Gasteiger partial charge in [-0.15, -0.1) is 0 Å². The van der Waals surface area contributed by atoms with Crippen LogP contribution >= 0.6 is 0 Å². The van der Waals surface area contributed by atoms with E-state index in [0.717, 1.165) is 31.3 Å². The minimum atomic E-state index is -1.01. The number of carboxylic acid groups (broad SMARTS) is 2. The van der Waals surface area contributed by atoms with Crippen molar-refractivity contribution in [1.29, 1.82) is 0 Å². The van der Waals surface area contributed by atoms with Crippen LogP contribution in [0.15, 0.2) is 11.6 Å². The summed E-state index contributed by atoms with van der Waals surface area (Å²) in [5, 5.41) is 20.5. The van der Waals surface area contributed by atoms with Gasteiger partial charge in [0, 0.05) is 12.5 Å². The topological polar surface area (TPSA) is 93.1 Å². The zero-order valence-corrected chi connectivity index (χ0v) is 17.3. The number of aliphatic carboxylic acids is 2. The van der Waals surface area contributed by atoms with Gasteiger partial charge in [0.25, 0.3) is 0 Å². The van der Waals surface area contributed by atoms with Crippen LogP contribution in [0.3, 0.4) is 0 Å². The molecule has 0 saturated heterocycles. The van der Waals surface area contributed by atoms with Crippen molar-refractivity contribution in [1.82, 2.24) is 0 Å². The zero-order chi connectivity index (χ0) is 20.5. The Kier molecular flexibility index (Phi) is 4.30. The van der Waals surface area contributed by atoms with Gasteiger partial charge < -0.3 is 19.7 Å². The van der Waals surface area contributed by atoms with Crippen LogP contribution in [-0.4, -0.2) is 41.7 Å². The Morgan fingerprint density at radius 1 is 1.21 bits per heavy atom. The molecule has 0 unspecified atom stereocenters. The average Bonchev–Trinajstić information content (AvgIpc) is 2.98. The fourth-order valence-electron chi connectivity index (χ4n) is 8.08. The van der Waals surface area contributed by atoms with E-state index in [1.165, 1.54) is 0 Å². The Bertz CT molecular complexity index is 745. The zero-order valence-electron chi connectivity index (χ0n) is 17.3. The highest BCUT2D eigenvalue weighted by Crippen LogP contribution is 2.77. The summed E-state index contributed by atoms with van der Waals surface area (Å²) in [6.07, 6.45) is 6.76. The highest BCUT2D eigenvalue weighted by atomic mass is 16.7. The van der Waals surface area contributed by atoms with E-state index in [2.05, 4.69) is 13.0 Å². The van der Waals surface area contributed by atoms with Gasteiger partial charge in [0.1, 0.15) is 6.79 Å². The highest BCUT2D eigenvalue weighted by Gasteiger charge is 2.76. The predicted octanol–water partition coefficient (Wildman–Crippen LogP) is 3.70. The molecule has 7 atom stereocenters. The average molecular weight is 392 g/mol. The van der Waals surface area contributed by atoms with Crippen molar-refractivity contribution >= 4 is 11.9 Å². The number of ether oxygens (including phenoxy) is 2. The molecule has 1 spiro atoms. The quantitative estimate of drug-likeness (QED) is 0.547. The van der Waals surface area contributed by atoms with Crippen molar-refractivity contribution in [3.05, 3.63) is 11.6 Å². The molecule has 3 fully saturated rings. The summed E-state index contributed by atoms with van der Waals surface area (Å²) in [4.78, 5) is 25.0. The second-order valence-electron chi connectivity index (χ2n) is 10.1. The third-order valence-electron chi connectivity index (χ3n) is 9.01. The number of carboxylic acids is 2. The molecule has 4 aliphatic rings. The minimum absolute atomic E-state index is 0.168. The lowest BCUT2D eigenvalue weighted by atomic mass is 9.53. The van der Waals surface area contributed by atoms with E-state index in [1.54, 1.807) is 14.0 Å². The van der Waals surface area contributed by atoms with Crippen LogP contribution in [0, 0.1) is 34.0 Å². The normalized spacial score (nSPS) is 49.3. The molecule has 2 N–H and O–H groups in total. The summed E-state index contributed by atoms with van der Waals surface area (Å²) < 4.78 is 11.3. The number of hydrogen-bond donors (Lipinski definition) is 2. The number of methoxy groups -OCH3 is 1. The Hall–Kier alpha value is -1.40. The van der Waals surface area contributed by atoms with Gasteiger partial charge in [0.2, 0.25) is 0 Å². The van der Waals surface area contributed by atoms with E-state index >= 15 is 0 Å². The van der Waals surface area contributed by atoms with Crippen LogP contribution in [0.4, 0.5) is 0 Å². The fourth-order valence-corrected chi connectivity index (χ4v) is 8.08. The van der Waals surface area contributed by atoms with Crippen molar-refractivity contribution in [2.75, 3.05) is 13.9 Å². The lowest BCUT2D eigenvalue weighted by molar-refractivity contribution is -0.166. The molecule has 6 nitrogen and oxygen atoms in total. The van der Waals surface area contributed by atoms with Crippen molar-refractivity contribution in [2.24, 2.45) is 34.0 Å². The molecule has 2 bridgehead atoms. The monoisotopic (exact) mass is 392 g/mol. The summed E-state index contributed by atoms with van der Waals surface area (Å²) in [5.41, 5.74) is -1.24. The summed E-state index contributed by atoms with van der Waals surface area (Å²) in [6.45, 7) is 6.16. The van der Waals surface area contributed by atoms with Gasteiger partial charge in [-0.3, -0.25) is 9.59 Å². The van der Waals surface area contributed by atoms with Crippen LogP contribution in [0.25, 0.3) is 0 Å². The van der Waals surface area contributed by atoms with Crippen LogP contribution in [-0.2, 0) is 19.1 Å². The van der Waals surface area contributed by atoms with Gasteiger partial charge in [0.15, 0.2) is 0 Å². The molecule has 0 aromatic heterocycles. The van der Waals surface area contributed by atoms with Crippen LogP contribution in [0.2, 0.25) is 0 Å². The molecular formula is C22H32O6. The largest absolute Gasteiger partial charge is 0.481 e. The van der Waals surface area contributed by atoms with E-state index in [-0.39, 0.29) is 24.0 Å². The molecule has 0 aromatic carbocycles. The first-order valence-corrected chi connectivity index (χ1v) is 10.4. The van der Waals surface area contributed by atoms with Gasteiger partial charge in [-0.1, -0.05) is 19.4 Å². The standard InChI is InChI=1S/C22H32O6/c1-13-10-21-11-22(13,28-12-27-4)9-6-14(21)19(2)7-5-8-20(3,18(25)26)16(19)15(21)17(23)24/h10,14-16H,5-9,11-12H2,1-4H3,(H,23,24)(H,25,26)/t14-,15+,16-,19-,20+,21-,22-/m0/s1. The Morgan fingerprint density at radius 3 is 2.54 bits per heavy atom. The molecular weight excluding hydrogens is 360 g/mol. The maximum Gasteiger partial charge on any atom is 0.309 e. The molecule has 0 radical (unpaired) electrons. The van der Waals surface area contributed by atoms with Crippen LogP contribution in [0.1, 0.15) is 59.3 Å². The lowest BCUT2D eigenvalue weighted by Gasteiger charge is -2.51. The third kappa shape index (κ3) is 2.22. The summed E-state index contributed by atoms with van der Waals surface area (Å²) in [7, 11) is 1.59. The molecule has 156 valence electrons. The van der Waals surface area contributed by atoms with E-state index in [0.29, 0.717) is 12.8 Å². The Morgan fingerprint density at radius 2 is 1.93 bits per heavy atom. The number of hydrogen-bond acceptors (Lipinski definition) is 4. The van der Waals surface area contributed by atoms with Crippen LogP contribution < -0.4 is 0 Å². The molecule has 6 heteroatoms. The van der Waals surface area contributed by atoms with Crippen molar-refractivity contribution < 1.29 is 29.3 Å². The van der Waals surface area contributed by atoms with Gasteiger partial charge in [-0.25, -0.2) is 0 Å².